The number of aliphatic carboxylic acids is 1. The van der Waals surface area contributed by atoms with Crippen LogP contribution in [0.2, 0.25) is 0 Å². The fraction of sp³-hybridized carbons (Fsp3) is 0.350. The minimum atomic E-state index is -1.07. The van der Waals surface area contributed by atoms with Crippen LogP contribution >= 0.6 is 11.3 Å². The molecular formula is C20H21NO5S. The average molecular weight is 387 g/mol. The summed E-state index contributed by atoms with van der Waals surface area (Å²) in [5.74, 6) is -2.50. The largest absolute Gasteiger partial charge is 0.481 e. The van der Waals surface area contributed by atoms with E-state index in [2.05, 4.69) is 0 Å². The van der Waals surface area contributed by atoms with Gasteiger partial charge in [0, 0.05) is 17.8 Å². The molecule has 0 aliphatic heterocycles. The molecule has 142 valence electrons. The first kappa shape index (κ1) is 19.1. The van der Waals surface area contributed by atoms with Crippen LogP contribution in [0, 0.1) is 5.92 Å². The van der Waals surface area contributed by atoms with Crippen molar-refractivity contribution < 1.29 is 24.6 Å². The van der Waals surface area contributed by atoms with Crippen molar-refractivity contribution in [1.82, 2.24) is 0 Å². The van der Waals surface area contributed by atoms with Crippen LogP contribution in [0.1, 0.15) is 42.3 Å². The zero-order chi connectivity index (χ0) is 19.6. The first-order valence-corrected chi connectivity index (χ1v) is 9.65. The summed E-state index contributed by atoms with van der Waals surface area (Å²) < 4.78 is 0. The second-order valence-corrected chi connectivity index (χ2v) is 7.78. The van der Waals surface area contributed by atoms with E-state index in [1.165, 1.54) is 6.92 Å². The molecule has 6 nitrogen and oxygen atoms in total. The fourth-order valence-electron chi connectivity index (χ4n) is 3.66. The van der Waals surface area contributed by atoms with Crippen molar-refractivity contribution in [1.29, 1.82) is 0 Å². The molecule has 7 heteroatoms. The molecule has 1 saturated carbocycles. The molecule has 0 atom stereocenters. The minimum absolute atomic E-state index is 0.129. The number of amides is 1. The smallest absolute Gasteiger partial charge is 0.348 e. The topological polar surface area (TPSA) is 94.9 Å². The standard InChI is InChI=1S/C20H21NO5S/c1-12(22)21(15-9-7-14(8-10-15)19(23)24)16-11-17(27-18(16)20(25)26)13-5-3-2-4-6-13/h2-6,11,14-15H,7-10H2,1H3,(H,23,24)(H,25,26). The van der Waals surface area contributed by atoms with Gasteiger partial charge in [-0.15, -0.1) is 11.3 Å². The molecule has 1 amide bonds. The van der Waals surface area contributed by atoms with Gasteiger partial charge in [-0.2, -0.15) is 0 Å². The highest BCUT2D eigenvalue weighted by molar-refractivity contribution is 7.18. The number of nitrogens with zero attached hydrogens (tertiary/aromatic N) is 1. The first-order chi connectivity index (χ1) is 12.9. The van der Waals surface area contributed by atoms with Gasteiger partial charge in [0.25, 0.3) is 0 Å². The van der Waals surface area contributed by atoms with Gasteiger partial charge in [0.15, 0.2) is 0 Å². The normalized spacial score (nSPS) is 19.4. The Bertz CT molecular complexity index is 853. The van der Waals surface area contributed by atoms with Crippen molar-refractivity contribution in [3.05, 3.63) is 41.3 Å². The van der Waals surface area contributed by atoms with E-state index in [-0.39, 0.29) is 16.8 Å². The maximum absolute atomic E-state index is 12.4. The van der Waals surface area contributed by atoms with Crippen molar-refractivity contribution >= 4 is 34.9 Å². The molecule has 0 bridgehead atoms. The number of aromatic carboxylic acids is 1. The summed E-state index contributed by atoms with van der Waals surface area (Å²) in [5, 5.41) is 18.8. The van der Waals surface area contributed by atoms with E-state index in [9.17, 15) is 24.6 Å². The van der Waals surface area contributed by atoms with Crippen LogP contribution in [-0.2, 0) is 9.59 Å². The van der Waals surface area contributed by atoms with Gasteiger partial charge in [0.05, 0.1) is 11.6 Å². The maximum atomic E-state index is 12.4. The third kappa shape index (κ3) is 4.03. The second kappa shape index (κ2) is 7.92. The molecule has 0 radical (unpaired) electrons. The summed E-state index contributed by atoms with van der Waals surface area (Å²) in [6, 6.07) is 11.0. The summed E-state index contributed by atoms with van der Waals surface area (Å²) in [7, 11) is 0. The first-order valence-electron chi connectivity index (χ1n) is 8.83. The van der Waals surface area contributed by atoms with Crippen LogP contribution in [0.4, 0.5) is 5.69 Å². The number of thiophene rings is 1. The molecule has 2 N–H and O–H groups in total. The van der Waals surface area contributed by atoms with Gasteiger partial charge in [-0.05, 0) is 37.3 Å². The maximum Gasteiger partial charge on any atom is 0.348 e. The van der Waals surface area contributed by atoms with E-state index in [1.807, 2.05) is 30.3 Å². The molecule has 1 heterocycles. The SMILES string of the molecule is CC(=O)N(c1cc(-c2ccccc2)sc1C(=O)O)C1CCC(C(=O)O)CC1. The predicted octanol–water partition coefficient (Wildman–Crippen LogP) is 4.11. The molecule has 1 aliphatic carbocycles. The lowest BCUT2D eigenvalue weighted by molar-refractivity contribution is -0.142. The monoisotopic (exact) mass is 387 g/mol. The Balaban J connectivity index is 1.96. The van der Waals surface area contributed by atoms with Crippen LogP contribution in [0.15, 0.2) is 36.4 Å². The van der Waals surface area contributed by atoms with Gasteiger partial charge in [-0.25, -0.2) is 4.79 Å². The average Bonchev–Trinajstić information content (AvgIpc) is 3.08. The Morgan fingerprint density at radius 2 is 1.67 bits per heavy atom. The molecule has 0 saturated heterocycles. The van der Waals surface area contributed by atoms with Crippen LogP contribution in [0.5, 0.6) is 0 Å². The molecule has 3 rings (SSSR count). The Hall–Kier alpha value is -2.67. The van der Waals surface area contributed by atoms with Gasteiger partial charge in [0.2, 0.25) is 5.91 Å². The number of hydrogen-bond donors (Lipinski definition) is 2. The second-order valence-electron chi connectivity index (χ2n) is 6.73. The Kier molecular flexibility index (Phi) is 5.60. The van der Waals surface area contributed by atoms with Gasteiger partial charge < -0.3 is 15.1 Å². The van der Waals surface area contributed by atoms with E-state index in [1.54, 1.807) is 11.0 Å². The van der Waals surface area contributed by atoms with Crippen molar-refractivity contribution in [2.24, 2.45) is 5.92 Å². The van der Waals surface area contributed by atoms with Crippen molar-refractivity contribution in [2.75, 3.05) is 4.90 Å². The van der Waals surface area contributed by atoms with Gasteiger partial charge in [0.1, 0.15) is 4.88 Å². The summed E-state index contributed by atoms with van der Waals surface area (Å²) in [4.78, 5) is 37.9. The highest BCUT2D eigenvalue weighted by Gasteiger charge is 2.34. The number of carbonyl (C=O) groups is 3. The predicted molar refractivity (Wildman–Crippen MR) is 103 cm³/mol. The summed E-state index contributed by atoms with van der Waals surface area (Å²) in [5.41, 5.74) is 1.30. The van der Waals surface area contributed by atoms with Crippen LogP contribution in [-0.4, -0.2) is 34.1 Å². The Morgan fingerprint density at radius 3 is 2.19 bits per heavy atom. The molecule has 1 aromatic heterocycles. The number of hydrogen-bond acceptors (Lipinski definition) is 4. The van der Waals surface area contributed by atoms with Gasteiger partial charge in [-0.1, -0.05) is 30.3 Å². The third-order valence-electron chi connectivity index (χ3n) is 4.97. The molecule has 0 spiro atoms. The lowest BCUT2D eigenvalue weighted by Gasteiger charge is -2.35. The molecule has 1 fully saturated rings. The Morgan fingerprint density at radius 1 is 1.04 bits per heavy atom. The number of carbonyl (C=O) groups excluding carboxylic acids is 1. The van der Waals surface area contributed by atoms with Crippen molar-refractivity contribution in [3.8, 4) is 10.4 Å². The van der Waals surface area contributed by atoms with Crippen LogP contribution in [0.3, 0.4) is 0 Å². The van der Waals surface area contributed by atoms with E-state index in [0.717, 1.165) is 21.8 Å². The molecule has 0 unspecified atom stereocenters. The van der Waals surface area contributed by atoms with Crippen molar-refractivity contribution in [3.63, 3.8) is 0 Å². The van der Waals surface area contributed by atoms with E-state index < -0.39 is 17.9 Å². The van der Waals surface area contributed by atoms with Crippen LogP contribution in [0.25, 0.3) is 10.4 Å². The number of carboxylic acids is 2. The van der Waals surface area contributed by atoms with Crippen LogP contribution < -0.4 is 4.90 Å². The van der Waals surface area contributed by atoms with Gasteiger partial charge in [-0.3, -0.25) is 9.59 Å². The zero-order valence-corrected chi connectivity index (χ0v) is 15.7. The van der Waals surface area contributed by atoms with E-state index >= 15 is 0 Å². The fourth-order valence-corrected chi connectivity index (χ4v) is 4.66. The number of rotatable bonds is 5. The molecule has 1 aliphatic rings. The highest BCUT2D eigenvalue weighted by Crippen LogP contribution is 2.40. The third-order valence-corrected chi connectivity index (χ3v) is 6.14. The van der Waals surface area contributed by atoms with Gasteiger partial charge >= 0.3 is 11.9 Å². The van der Waals surface area contributed by atoms with Crippen molar-refractivity contribution in [2.45, 2.75) is 38.6 Å². The zero-order valence-electron chi connectivity index (χ0n) is 14.9. The van der Waals surface area contributed by atoms with E-state index in [4.69, 9.17) is 0 Å². The molecule has 2 aromatic rings. The molecule has 27 heavy (non-hydrogen) atoms. The summed E-state index contributed by atoms with van der Waals surface area (Å²) in [6.45, 7) is 1.43. The number of carboxylic acid groups (broad SMARTS) is 2. The number of anilines is 1. The quantitative estimate of drug-likeness (QED) is 0.805. The molecular weight excluding hydrogens is 366 g/mol. The summed E-state index contributed by atoms with van der Waals surface area (Å²) >= 11 is 1.15. The lowest BCUT2D eigenvalue weighted by atomic mass is 9.85. The van der Waals surface area contributed by atoms with E-state index in [0.29, 0.717) is 31.4 Å². The minimum Gasteiger partial charge on any atom is -0.481 e. The summed E-state index contributed by atoms with van der Waals surface area (Å²) in [6.07, 6.45) is 2.07. The highest BCUT2D eigenvalue weighted by atomic mass is 32.1. The number of benzene rings is 1. The Labute approximate surface area is 161 Å². The molecule has 1 aromatic carbocycles. The lowest BCUT2D eigenvalue weighted by Crippen LogP contribution is -2.42.